The van der Waals surface area contributed by atoms with Crippen LogP contribution in [0.2, 0.25) is 0 Å². The highest BCUT2D eigenvalue weighted by Gasteiger charge is 2.41. The standard InChI is InChI=1S/C30H43N3O3S2/c1-20-14-15-37-27(20)29(36)31-24(19-38-23-12-6-5-7-13-23)26(34)18-33-17-22-11-9-8-10-21(22)16-25(33)28(35)32-30(2,3)4/h5-7,12-15,21-22,24-26,34H,8-11,16-19H2,1-4H3,(H,31,36)(H,32,35). The van der Waals surface area contributed by atoms with Crippen LogP contribution in [0.15, 0.2) is 46.7 Å². The molecule has 0 bridgehead atoms. The molecule has 1 aromatic heterocycles. The van der Waals surface area contributed by atoms with Gasteiger partial charge in [0.2, 0.25) is 5.91 Å². The van der Waals surface area contributed by atoms with Crippen molar-refractivity contribution in [3.8, 4) is 0 Å². The molecular weight excluding hydrogens is 514 g/mol. The minimum absolute atomic E-state index is 0.0437. The molecule has 38 heavy (non-hydrogen) atoms. The van der Waals surface area contributed by atoms with Crippen LogP contribution in [-0.4, -0.2) is 64.4 Å². The number of rotatable bonds is 9. The SMILES string of the molecule is Cc1ccsc1C(=O)NC(CSc1ccccc1)C(O)CN1CC2CCCCC2CC1C(=O)NC(C)(C)C. The quantitative estimate of drug-likeness (QED) is 0.374. The lowest BCUT2D eigenvalue weighted by Gasteiger charge is -2.47. The van der Waals surface area contributed by atoms with Crippen LogP contribution in [0.1, 0.15) is 68.1 Å². The molecule has 4 rings (SSSR count). The highest BCUT2D eigenvalue weighted by Crippen LogP contribution is 2.39. The summed E-state index contributed by atoms with van der Waals surface area (Å²) in [7, 11) is 0. The molecule has 2 amide bonds. The van der Waals surface area contributed by atoms with Crippen LogP contribution in [-0.2, 0) is 4.79 Å². The Hall–Kier alpha value is -1.87. The Morgan fingerprint density at radius 2 is 1.84 bits per heavy atom. The molecule has 0 radical (unpaired) electrons. The average molecular weight is 558 g/mol. The van der Waals surface area contributed by atoms with Gasteiger partial charge in [0, 0.05) is 29.3 Å². The number of aliphatic hydroxyl groups excluding tert-OH is 1. The smallest absolute Gasteiger partial charge is 0.261 e. The van der Waals surface area contributed by atoms with Crippen LogP contribution < -0.4 is 10.6 Å². The number of benzene rings is 1. The van der Waals surface area contributed by atoms with E-state index in [0.717, 1.165) is 23.4 Å². The number of thioether (sulfide) groups is 1. The lowest BCUT2D eigenvalue weighted by Crippen LogP contribution is -2.60. The van der Waals surface area contributed by atoms with E-state index >= 15 is 0 Å². The summed E-state index contributed by atoms with van der Waals surface area (Å²) in [5, 5.41) is 19.8. The summed E-state index contributed by atoms with van der Waals surface area (Å²) in [5.74, 6) is 1.57. The maximum absolute atomic E-state index is 13.4. The van der Waals surface area contributed by atoms with Gasteiger partial charge in [-0.15, -0.1) is 23.1 Å². The second-order valence-corrected chi connectivity index (χ2v) is 14.0. The van der Waals surface area contributed by atoms with E-state index in [9.17, 15) is 14.7 Å². The maximum Gasteiger partial charge on any atom is 0.261 e. The monoisotopic (exact) mass is 557 g/mol. The number of aliphatic hydroxyl groups is 1. The Balaban J connectivity index is 1.51. The molecule has 2 aliphatic rings. The zero-order valence-electron chi connectivity index (χ0n) is 23.1. The predicted octanol–water partition coefficient (Wildman–Crippen LogP) is 5.10. The van der Waals surface area contributed by atoms with Crippen molar-refractivity contribution in [2.45, 2.75) is 88.4 Å². The normalized spacial score (nSPS) is 23.8. The molecule has 1 saturated heterocycles. The van der Waals surface area contributed by atoms with Crippen LogP contribution >= 0.6 is 23.1 Å². The van der Waals surface area contributed by atoms with Crippen LogP contribution in [0.3, 0.4) is 0 Å². The van der Waals surface area contributed by atoms with Crippen molar-refractivity contribution >= 4 is 34.9 Å². The Labute approximate surface area is 236 Å². The van der Waals surface area contributed by atoms with Gasteiger partial charge in [0.1, 0.15) is 0 Å². The number of hydrogen-bond acceptors (Lipinski definition) is 6. The molecule has 208 valence electrons. The second kappa shape index (κ2) is 13.0. The first-order valence-electron chi connectivity index (χ1n) is 13.9. The summed E-state index contributed by atoms with van der Waals surface area (Å²) < 4.78 is 0. The number of carbonyl (C=O) groups is 2. The van der Waals surface area contributed by atoms with E-state index < -0.39 is 12.1 Å². The number of nitrogens with one attached hydrogen (secondary N) is 2. The van der Waals surface area contributed by atoms with E-state index in [-0.39, 0.29) is 23.4 Å². The molecule has 2 fully saturated rings. The van der Waals surface area contributed by atoms with Crippen molar-refractivity contribution < 1.29 is 14.7 Å². The van der Waals surface area contributed by atoms with Crippen molar-refractivity contribution in [2.75, 3.05) is 18.8 Å². The van der Waals surface area contributed by atoms with Gasteiger partial charge in [-0.25, -0.2) is 0 Å². The molecule has 8 heteroatoms. The van der Waals surface area contributed by atoms with E-state index in [4.69, 9.17) is 0 Å². The van der Waals surface area contributed by atoms with Crippen molar-refractivity contribution in [3.05, 3.63) is 52.2 Å². The van der Waals surface area contributed by atoms with Crippen LogP contribution in [0.4, 0.5) is 0 Å². The third kappa shape index (κ3) is 7.84. The topological polar surface area (TPSA) is 81.7 Å². The number of β-amino-alcohol motifs (C(OH)–C–C–N with tert-alkyl or cyclic N) is 1. The number of nitrogens with zero attached hydrogens (tertiary/aromatic N) is 1. The minimum Gasteiger partial charge on any atom is -0.390 e. The Morgan fingerprint density at radius 3 is 2.50 bits per heavy atom. The van der Waals surface area contributed by atoms with Crippen LogP contribution in [0.25, 0.3) is 0 Å². The van der Waals surface area contributed by atoms with E-state index in [1.807, 2.05) is 69.5 Å². The molecule has 2 aromatic rings. The number of amides is 2. The minimum atomic E-state index is -0.805. The highest BCUT2D eigenvalue weighted by molar-refractivity contribution is 7.99. The van der Waals surface area contributed by atoms with Gasteiger partial charge < -0.3 is 15.7 Å². The van der Waals surface area contributed by atoms with Gasteiger partial charge in [-0.2, -0.15) is 0 Å². The van der Waals surface area contributed by atoms with Crippen molar-refractivity contribution in [1.29, 1.82) is 0 Å². The van der Waals surface area contributed by atoms with Gasteiger partial charge in [0.05, 0.1) is 23.1 Å². The molecule has 3 N–H and O–H groups in total. The number of piperidine rings is 1. The largest absolute Gasteiger partial charge is 0.390 e. The molecule has 5 unspecified atom stereocenters. The third-order valence-corrected chi connectivity index (χ3v) is 9.89. The first kappa shape index (κ1) is 29.1. The van der Waals surface area contributed by atoms with Gasteiger partial charge in [0.25, 0.3) is 5.91 Å². The summed E-state index contributed by atoms with van der Waals surface area (Å²) in [4.78, 5) is 30.6. The molecule has 1 aromatic carbocycles. The number of thiophene rings is 1. The van der Waals surface area contributed by atoms with E-state index in [1.54, 1.807) is 11.8 Å². The molecule has 5 atom stereocenters. The molecule has 1 saturated carbocycles. The molecule has 2 heterocycles. The average Bonchev–Trinajstić information content (AvgIpc) is 3.31. The number of carbonyl (C=O) groups excluding carboxylic acids is 2. The molecular formula is C30H43N3O3S2. The van der Waals surface area contributed by atoms with Gasteiger partial charge in [-0.3, -0.25) is 14.5 Å². The number of aryl methyl sites for hydroxylation is 1. The second-order valence-electron chi connectivity index (χ2n) is 12.0. The number of likely N-dealkylation sites (tertiary alicyclic amines) is 1. The molecule has 0 spiro atoms. The molecule has 6 nitrogen and oxygen atoms in total. The third-order valence-electron chi connectivity index (χ3n) is 7.75. The first-order valence-corrected chi connectivity index (χ1v) is 15.7. The van der Waals surface area contributed by atoms with Gasteiger partial charge in [0.15, 0.2) is 0 Å². The fourth-order valence-electron chi connectivity index (χ4n) is 5.79. The van der Waals surface area contributed by atoms with E-state index in [2.05, 4.69) is 15.5 Å². The van der Waals surface area contributed by atoms with Crippen molar-refractivity contribution in [2.24, 2.45) is 11.8 Å². The summed E-state index contributed by atoms with van der Waals surface area (Å²) >= 11 is 3.05. The van der Waals surface area contributed by atoms with Gasteiger partial charge in [-0.05, 0) is 81.5 Å². The highest BCUT2D eigenvalue weighted by atomic mass is 32.2. The Morgan fingerprint density at radius 1 is 1.13 bits per heavy atom. The lowest BCUT2D eigenvalue weighted by atomic mass is 9.72. The van der Waals surface area contributed by atoms with Crippen LogP contribution in [0.5, 0.6) is 0 Å². The summed E-state index contributed by atoms with van der Waals surface area (Å²) in [6.45, 7) is 9.14. The van der Waals surface area contributed by atoms with E-state index in [0.29, 0.717) is 29.0 Å². The molecule has 1 aliphatic heterocycles. The zero-order chi connectivity index (χ0) is 27.3. The fraction of sp³-hybridized carbons (Fsp3) is 0.600. The summed E-state index contributed by atoms with van der Waals surface area (Å²) in [6.07, 6.45) is 4.89. The first-order chi connectivity index (χ1) is 18.1. The summed E-state index contributed by atoms with van der Waals surface area (Å²) in [5.41, 5.74) is 0.626. The van der Waals surface area contributed by atoms with E-state index in [1.165, 1.54) is 37.0 Å². The van der Waals surface area contributed by atoms with Gasteiger partial charge in [-0.1, -0.05) is 37.5 Å². The predicted molar refractivity (Wildman–Crippen MR) is 157 cm³/mol. The number of hydrogen-bond donors (Lipinski definition) is 3. The van der Waals surface area contributed by atoms with Gasteiger partial charge >= 0.3 is 0 Å². The fourth-order valence-corrected chi connectivity index (χ4v) is 7.64. The van der Waals surface area contributed by atoms with Crippen molar-refractivity contribution in [1.82, 2.24) is 15.5 Å². The van der Waals surface area contributed by atoms with Crippen LogP contribution in [0, 0.1) is 18.8 Å². The maximum atomic E-state index is 13.4. The Bertz CT molecular complexity index is 1070. The number of fused-ring (bicyclic) bond motifs is 1. The van der Waals surface area contributed by atoms with Crippen molar-refractivity contribution in [3.63, 3.8) is 0 Å². The Kier molecular flexibility index (Phi) is 9.95. The zero-order valence-corrected chi connectivity index (χ0v) is 24.7. The lowest BCUT2D eigenvalue weighted by molar-refractivity contribution is -0.132. The molecule has 1 aliphatic carbocycles. The summed E-state index contributed by atoms with van der Waals surface area (Å²) in [6, 6.07) is 11.3.